The maximum Gasteiger partial charge on any atom is 0.250 e. The number of pyridine rings is 1. The van der Waals surface area contributed by atoms with E-state index in [0.717, 1.165) is 12.8 Å². The highest BCUT2D eigenvalue weighted by atomic mass is 16.1. The molecule has 0 aromatic carbocycles. The number of carbonyl (C=O) groups excluding carboxylic acids is 1. The third-order valence-electron chi connectivity index (χ3n) is 2.13. The molecule has 0 unspecified atom stereocenters. The SMILES string of the molecule is CCCCC(=O)Nc1ccc(=O)n(C)c1. The summed E-state index contributed by atoms with van der Waals surface area (Å²) < 4.78 is 1.44. The van der Waals surface area contributed by atoms with Crippen molar-refractivity contribution in [2.24, 2.45) is 7.05 Å². The molecule has 15 heavy (non-hydrogen) atoms. The van der Waals surface area contributed by atoms with Gasteiger partial charge in [0, 0.05) is 25.7 Å². The fraction of sp³-hybridized carbons (Fsp3) is 0.455. The molecule has 0 saturated carbocycles. The lowest BCUT2D eigenvalue weighted by Gasteiger charge is -2.05. The van der Waals surface area contributed by atoms with Crippen molar-refractivity contribution < 1.29 is 4.79 Å². The highest BCUT2D eigenvalue weighted by Crippen LogP contribution is 2.04. The lowest BCUT2D eigenvalue weighted by atomic mass is 10.2. The van der Waals surface area contributed by atoms with Crippen molar-refractivity contribution in [2.45, 2.75) is 26.2 Å². The van der Waals surface area contributed by atoms with Gasteiger partial charge in [0.15, 0.2) is 0 Å². The zero-order valence-electron chi connectivity index (χ0n) is 9.12. The van der Waals surface area contributed by atoms with Crippen molar-refractivity contribution >= 4 is 11.6 Å². The van der Waals surface area contributed by atoms with E-state index in [-0.39, 0.29) is 11.5 Å². The fourth-order valence-electron chi connectivity index (χ4n) is 1.23. The van der Waals surface area contributed by atoms with Crippen LogP contribution in [0.1, 0.15) is 26.2 Å². The van der Waals surface area contributed by atoms with Crippen LogP contribution in [-0.2, 0) is 11.8 Å². The van der Waals surface area contributed by atoms with Gasteiger partial charge in [0.2, 0.25) is 11.5 Å². The summed E-state index contributed by atoms with van der Waals surface area (Å²) in [5, 5.41) is 2.75. The molecule has 0 saturated heterocycles. The van der Waals surface area contributed by atoms with Crippen LogP contribution < -0.4 is 10.9 Å². The van der Waals surface area contributed by atoms with Crippen LogP contribution in [0.5, 0.6) is 0 Å². The lowest BCUT2D eigenvalue weighted by Crippen LogP contribution is -2.17. The number of amides is 1. The van der Waals surface area contributed by atoms with Gasteiger partial charge in [-0.05, 0) is 12.5 Å². The molecule has 0 atom stereocenters. The summed E-state index contributed by atoms with van der Waals surface area (Å²) in [4.78, 5) is 22.4. The Morgan fingerprint density at radius 1 is 1.47 bits per heavy atom. The number of carbonyl (C=O) groups is 1. The van der Waals surface area contributed by atoms with Crippen LogP contribution in [0, 0.1) is 0 Å². The standard InChI is InChI=1S/C11H16N2O2/c1-3-4-5-10(14)12-9-6-7-11(15)13(2)8-9/h6-8H,3-5H2,1-2H3,(H,12,14). The molecule has 0 bridgehead atoms. The van der Waals surface area contributed by atoms with Crippen molar-refractivity contribution in [3.8, 4) is 0 Å². The summed E-state index contributed by atoms with van der Waals surface area (Å²) >= 11 is 0. The predicted molar refractivity (Wildman–Crippen MR) is 59.8 cm³/mol. The molecule has 1 aromatic rings. The Hall–Kier alpha value is -1.58. The molecular weight excluding hydrogens is 192 g/mol. The van der Waals surface area contributed by atoms with Crippen LogP contribution in [-0.4, -0.2) is 10.5 Å². The largest absolute Gasteiger partial charge is 0.325 e. The molecule has 1 rings (SSSR count). The predicted octanol–water partition coefficient (Wildman–Crippen LogP) is 1.51. The van der Waals surface area contributed by atoms with Crippen LogP contribution in [0.2, 0.25) is 0 Å². The summed E-state index contributed by atoms with van der Waals surface area (Å²) in [7, 11) is 1.66. The third-order valence-corrected chi connectivity index (χ3v) is 2.13. The molecule has 0 aliphatic heterocycles. The first-order chi connectivity index (χ1) is 7.13. The van der Waals surface area contributed by atoms with E-state index in [4.69, 9.17) is 0 Å². The summed E-state index contributed by atoms with van der Waals surface area (Å²) in [6.07, 6.45) is 4.03. The number of unbranched alkanes of at least 4 members (excludes halogenated alkanes) is 1. The zero-order valence-corrected chi connectivity index (χ0v) is 9.12. The smallest absolute Gasteiger partial charge is 0.250 e. The van der Waals surface area contributed by atoms with E-state index in [1.165, 1.54) is 10.6 Å². The summed E-state index contributed by atoms with van der Waals surface area (Å²) in [6, 6.07) is 3.06. The van der Waals surface area contributed by atoms with E-state index in [9.17, 15) is 9.59 Å². The topological polar surface area (TPSA) is 51.1 Å². The molecule has 0 radical (unpaired) electrons. The lowest BCUT2D eigenvalue weighted by molar-refractivity contribution is -0.116. The Morgan fingerprint density at radius 3 is 2.80 bits per heavy atom. The number of rotatable bonds is 4. The van der Waals surface area contributed by atoms with Crippen LogP contribution in [0.25, 0.3) is 0 Å². The van der Waals surface area contributed by atoms with Crippen molar-refractivity contribution in [3.63, 3.8) is 0 Å². The van der Waals surface area contributed by atoms with Gasteiger partial charge in [-0.15, -0.1) is 0 Å². The Bertz CT molecular complexity index is 396. The molecule has 0 aliphatic carbocycles. The van der Waals surface area contributed by atoms with Gasteiger partial charge in [0.05, 0.1) is 5.69 Å². The van der Waals surface area contributed by atoms with Crippen molar-refractivity contribution in [3.05, 3.63) is 28.7 Å². The summed E-state index contributed by atoms with van der Waals surface area (Å²) in [5.41, 5.74) is 0.583. The molecule has 1 amide bonds. The van der Waals surface area contributed by atoms with E-state index in [1.54, 1.807) is 19.3 Å². The first kappa shape index (κ1) is 11.5. The summed E-state index contributed by atoms with van der Waals surface area (Å²) in [5.74, 6) is -0.00417. The van der Waals surface area contributed by atoms with E-state index in [0.29, 0.717) is 12.1 Å². The van der Waals surface area contributed by atoms with Crippen LogP contribution in [0.4, 0.5) is 5.69 Å². The van der Waals surface area contributed by atoms with Gasteiger partial charge in [-0.2, -0.15) is 0 Å². The number of hydrogen-bond donors (Lipinski definition) is 1. The minimum atomic E-state index is -0.0819. The number of nitrogens with zero attached hydrogens (tertiary/aromatic N) is 1. The van der Waals surface area contributed by atoms with Crippen LogP contribution in [0.3, 0.4) is 0 Å². The molecule has 1 N–H and O–H groups in total. The number of aryl methyl sites for hydroxylation is 1. The Labute approximate surface area is 88.9 Å². The number of anilines is 1. The van der Waals surface area contributed by atoms with Gasteiger partial charge in [0.1, 0.15) is 0 Å². The fourth-order valence-corrected chi connectivity index (χ4v) is 1.23. The van der Waals surface area contributed by atoms with Gasteiger partial charge >= 0.3 is 0 Å². The maximum atomic E-state index is 11.4. The van der Waals surface area contributed by atoms with Crippen LogP contribution in [0.15, 0.2) is 23.1 Å². The molecule has 4 heteroatoms. The number of aromatic nitrogens is 1. The van der Waals surface area contributed by atoms with E-state index in [2.05, 4.69) is 5.32 Å². The van der Waals surface area contributed by atoms with Gasteiger partial charge in [-0.3, -0.25) is 9.59 Å². The third kappa shape index (κ3) is 3.58. The quantitative estimate of drug-likeness (QED) is 0.815. The van der Waals surface area contributed by atoms with E-state index < -0.39 is 0 Å². The van der Waals surface area contributed by atoms with Gasteiger partial charge in [-0.1, -0.05) is 13.3 Å². The maximum absolute atomic E-state index is 11.4. The van der Waals surface area contributed by atoms with Crippen molar-refractivity contribution in [1.29, 1.82) is 0 Å². The molecule has 82 valence electrons. The first-order valence-electron chi connectivity index (χ1n) is 5.10. The second-order valence-electron chi connectivity index (χ2n) is 3.52. The van der Waals surface area contributed by atoms with Crippen molar-refractivity contribution in [1.82, 2.24) is 4.57 Å². The molecular formula is C11H16N2O2. The molecule has 4 nitrogen and oxygen atoms in total. The second kappa shape index (κ2) is 5.34. The van der Waals surface area contributed by atoms with E-state index in [1.807, 2.05) is 6.92 Å². The van der Waals surface area contributed by atoms with Gasteiger partial charge in [0.25, 0.3) is 0 Å². The minimum Gasteiger partial charge on any atom is -0.325 e. The zero-order chi connectivity index (χ0) is 11.3. The normalized spacial score (nSPS) is 10.0. The molecule has 0 spiro atoms. The molecule has 1 aromatic heterocycles. The molecule has 0 aliphatic rings. The summed E-state index contributed by atoms with van der Waals surface area (Å²) in [6.45, 7) is 2.04. The van der Waals surface area contributed by atoms with E-state index >= 15 is 0 Å². The number of nitrogens with one attached hydrogen (secondary N) is 1. The Morgan fingerprint density at radius 2 is 2.20 bits per heavy atom. The number of hydrogen-bond acceptors (Lipinski definition) is 2. The first-order valence-corrected chi connectivity index (χ1v) is 5.10. The monoisotopic (exact) mass is 208 g/mol. The van der Waals surface area contributed by atoms with Gasteiger partial charge in [-0.25, -0.2) is 0 Å². The van der Waals surface area contributed by atoms with Crippen LogP contribution >= 0.6 is 0 Å². The highest BCUT2D eigenvalue weighted by molar-refractivity contribution is 5.90. The van der Waals surface area contributed by atoms with Crippen molar-refractivity contribution in [2.75, 3.05) is 5.32 Å². The highest BCUT2D eigenvalue weighted by Gasteiger charge is 2.01. The second-order valence-corrected chi connectivity index (χ2v) is 3.52. The van der Waals surface area contributed by atoms with Gasteiger partial charge < -0.3 is 9.88 Å². The average molecular weight is 208 g/mol. The molecule has 0 fully saturated rings. The Kier molecular flexibility index (Phi) is 4.09. The Balaban J connectivity index is 2.61. The minimum absolute atomic E-state index is 0.00417. The average Bonchev–Trinajstić information content (AvgIpc) is 2.20. The molecule has 1 heterocycles.